The van der Waals surface area contributed by atoms with Gasteiger partial charge in [-0.2, -0.15) is 0 Å². The minimum Gasteiger partial charge on any atom is -0.258 e. The van der Waals surface area contributed by atoms with Gasteiger partial charge in [-0.05, 0) is 48.3 Å². The van der Waals surface area contributed by atoms with E-state index in [0.717, 1.165) is 30.0 Å². The maximum atomic E-state index is 11.1. The summed E-state index contributed by atoms with van der Waals surface area (Å²) in [4.78, 5) is 10.8. The van der Waals surface area contributed by atoms with Gasteiger partial charge in [0.15, 0.2) is 0 Å². The predicted octanol–water partition coefficient (Wildman–Crippen LogP) is 3.63. The van der Waals surface area contributed by atoms with Crippen molar-refractivity contribution in [3.05, 3.63) is 51.6 Å². The van der Waals surface area contributed by atoms with Crippen LogP contribution in [0.1, 0.15) is 24.0 Å². The zero-order chi connectivity index (χ0) is 11.8. The lowest BCUT2D eigenvalue weighted by molar-refractivity contribution is -0.383. The molecule has 0 radical (unpaired) electrons. The van der Waals surface area contributed by atoms with E-state index in [1.54, 1.807) is 6.07 Å². The third-order valence-electron chi connectivity index (χ3n) is 3.55. The molecule has 3 nitrogen and oxygen atoms in total. The van der Waals surface area contributed by atoms with Gasteiger partial charge < -0.3 is 0 Å². The van der Waals surface area contributed by atoms with E-state index in [0.29, 0.717) is 0 Å². The average Bonchev–Trinajstić information content (AvgIpc) is 2.37. The van der Waals surface area contributed by atoms with Crippen LogP contribution in [-0.2, 0) is 12.8 Å². The topological polar surface area (TPSA) is 43.1 Å². The van der Waals surface area contributed by atoms with E-state index >= 15 is 0 Å². The number of non-ortho nitro benzene ring substituents is 1. The van der Waals surface area contributed by atoms with E-state index in [1.807, 2.05) is 24.3 Å². The first-order chi connectivity index (χ1) is 8.27. The highest BCUT2D eigenvalue weighted by Gasteiger charge is 2.20. The van der Waals surface area contributed by atoms with Crippen molar-refractivity contribution in [1.82, 2.24) is 0 Å². The Morgan fingerprint density at radius 1 is 1.06 bits per heavy atom. The highest BCUT2D eigenvalue weighted by molar-refractivity contribution is 5.94. The Labute approximate surface area is 99.2 Å². The first-order valence-electron chi connectivity index (χ1n) is 5.95. The summed E-state index contributed by atoms with van der Waals surface area (Å²) < 4.78 is 0. The van der Waals surface area contributed by atoms with Gasteiger partial charge in [-0.25, -0.2) is 0 Å². The van der Waals surface area contributed by atoms with E-state index in [2.05, 4.69) is 0 Å². The average molecular weight is 227 g/mol. The second-order valence-corrected chi connectivity index (χ2v) is 4.54. The fourth-order valence-electron chi connectivity index (χ4n) is 2.76. The lowest BCUT2D eigenvalue weighted by Gasteiger charge is -2.17. The molecule has 3 rings (SSSR count). The molecular formula is C14H13NO2. The summed E-state index contributed by atoms with van der Waals surface area (Å²) in [6, 6.07) is 9.46. The molecule has 17 heavy (non-hydrogen) atoms. The zero-order valence-electron chi connectivity index (χ0n) is 9.48. The Balaban J connectivity index is 2.39. The van der Waals surface area contributed by atoms with Gasteiger partial charge in [0, 0.05) is 6.07 Å². The second-order valence-electron chi connectivity index (χ2n) is 4.54. The quantitative estimate of drug-likeness (QED) is 0.551. The SMILES string of the molecule is O=[N+]([O-])c1cc2c(c3ccccc13)CCCC2. The van der Waals surface area contributed by atoms with Crippen LogP contribution in [0.5, 0.6) is 0 Å². The van der Waals surface area contributed by atoms with Gasteiger partial charge in [0.05, 0.1) is 10.3 Å². The Bertz CT molecular complexity index is 604. The number of benzene rings is 2. The van der Waals surface area contributed by atoms with Crippen molar-refractivity contribution in [2.75, 3.05) is 0 Å². The number of fused-ring (bicyclic) bond motifs is 3. The van der Waals surface area contributed by atoms with Gasteiger partial charge in [0.1, 0.15) is 0 Å². The van der Waals surface area contributed by atoms with Crippen LogP contribution >= 0.6 is 0 Å². The number of nitro benzene ring substituents is 1. The van der Waals surface area contributed by atoms with E-state index in [9.17, 15) is 10.1 Å². The van der Waals surface area contributed by atoms with Gasteiger partial charge in [0.25, 0.3) is 5.69 Å². The van der Waals surface area contributed by atoms with Crippen molar-refractivity contribution in [2.45, 2.75) is 25.7 Å². The van der Waals surface area contributed by atoms with Crippen LogP contribution in [0.4, 0.5) is 5.69 Å². The number of nitrogens with zero attached hydrogens (tertiary/aromatic N) is 1. The molecule has 0 fully saturated rings. The Morgan fingerprint density at radius 2 is 1.76 bits per heavy atom. The third kappa shape index (κ3) is 1.58. The molecule has 2 aromatic rings. The van der Waals surface area contributed by atoms with Crippen LogP contribution in [0.2, 0.25) is 0 Å². The minimum atomic E-state index is -0.267. The summed E-state index contributed by atoms with van der Waals surface area (Å²) in [5.74, 6) is 0. The van der Waals surface area contributed by atoms with Gasteiger partial charge in [-0.1, -0.05) is 18.2 Å². The first kappa shape index (κ1) is 10.3. The maximum absolute atomic E-state index is 11.1. The van der Waals surface area contributed by atoms with Crippen molar-refractivity contribution in [3.8, 4) is 0 Å². The van der Waals surface area contributed by atoms with Gasteiger partial charge >= 0.3 is 0 Å². The molecule has 1 aliphatic rings. The third-order valence-corrected chi connectivity index (χ3v) is 3.55. The molecule has 0 unspecified atom stereocenters. The van der Waals surface area contributed by atoms with Crippen LogP contribution in [0.15, 0.2) is 30.3 Å². The molecule has 0 N–H and O–H groups in total. The monoisotopic (exact) mass is 227 g/mol. The molecule has 0 spiro atoms. The van der Waals surface area contributed by atoms with Crippen molar-refractivity contribution in [2.24, 2.45) is 0 Å². The summed E-state index contributed by atoms with van der Waals surface area (Å²) in [6.45, 7) is 0. The molecule has 0 saturated heterocycles. The molecule has 0 aliphatic heterocycles. The smallest absolute Gasteiger partial charge is 0.258 e. The van der Waals surface area contributed by atoms with E-state index in [1.165, 1.54) is 17.5 Å². The zero-order valence-corrected chi connectivity index (χ0v) is 9.48. The number of rotatable bonds is 1. The molecule has 2 aromatic carbocycles. The summed E-state index contributed by atoms with van der Waals surface area (Å²) in [5, 5.41) is 12.9. The van der Waals surface area contributed by atoms with E-state index in [4.69, 9.17) is 0 Å². The minimum absolute atomic E-state index is 0.251. The van der Waals surface area contributed by atoms with E-state index < -0.39 is 0 Å². The normalized spacial score (nSPS) is 14.6. The standard InChI is InChI=1S/C14H13NO2/c16-15(17)14-9-10-5-1-2-6-11(10)12-7-3-4-8-13(12)14/h3-4,7-9H,1-2,5-6H2. The largest absolute Gasteiger partial charge is 0.277 e. The summed E-state index contributed by atoms with van der Waals surface area (Å²) >= 11 is 0. The fourth-order valence-corrected chi connectivity index (χ4v) is 2.76. The maximum Gasteiger partial charge on any atom is 0.277 e. The number of aryl methyl sites for hydroxylation is 2. The van der Waals surface area contributed by atoms with Crippen LogP contribution in [-0.4, -0.2) is 4.92 Å². The number of hydrogen-bond donors (Lipinski definition) is 0. The Hall–Kier alpha value is -1.90. The second kappa shape index (κ2) is 3.84. The molecule has 0 aromatic heterocycles. The van der Waals surface area contributed by atoms with Gasteiger partial charge in [-0.15, -0.1) is 0 Å². The van der Waals surface area contributed by atoms with Crippen molar-refractivity contribution < 1.29 is 4.92 Å². The Morgan fingerprint density at radius 3 is 2.53 bits per heavy atom. The summed E-state index contributed by atoms with van der Waals surface area (Å²) in [5.41, 5.74) is 2.74. The van der Waals surface area contributed by atoms with Crippen LogP contribution in [0.25, 0.3) is 10.8 Å². The van der Waals surface area contributed by atoms with Crippen LogP contribution < -0.4 is 0 Å². The van der Waals surface area contributed by atoms with Crippen LogP contribution in [0.3, 0.4) is 0 Å². The molecule has 0 atom stereocenters. The molecular weight excluding hydrogens is 214 g/mol. The van der Waals surface area contributed by atoms with Crippen molar-refractivity contribution in [3.63, 3.8) is 0 Å². The predicted molar refractivity (Wildman–Crippen MR) is 67.2 cm³/mol. The summed E-state index contributed by atoms with van der Waals surface area (Å²) in [6.07, 6.45) is 4.35. The van der Waals surface area contributed by atoms with Crippen molar-refractivity contribution >= 4 is 16.5 Å². The fraction of sp³-hybridized carbons (Fsp3) is 0.286. The molecule has 0 amide bonds. The lowest BCUT2D eigenvalue weighted by Crippen LogP contribution is -2.05. The lowest BCUT2D eigenvalue weighted by atomic mass is 9.87. The molecule has 1 aliphatic carbocycles. The molecule has 3 heteroatoms. The number of hydrogen-bond acceptors (Lipinski definition) is 2. The number of nitro groups is 1. The van der Waals surface area contributed by atoms with Crippen molar-refractivity contribution in [1.29, 1.82) is 0 Å². The first-order valence-corrected chi connectivity index (χ1v) is 5.95. The highest BCUT2D eigenvalue weighted by Crippen LogP contribution is 2.35. The summed E-state index contributed by atoms with van der Waals surface area (Å²) in [7, 11) is 0. The van der Waals surface area contributed by atoms with Gasteiger partial charge in [-0.3, -0.25) is 10.1 Å². The molecule has 0 saturated carbocycles. The van der Waals surface area contributed by atoms with E-state index in [-0.39, 0.29) is 10.6 Å². The molecule has 0 heterocycles. The molecule has 0 bridgehead atoms. The molecule has 86 valence electrons. The van der Waals surface area contributed by atoms with Gasteiger partial charge in [0.2, 0.25) is 0 Å². The Kier molecular flexibility index (Phi) is 2.32. The van der Waals surface area contributed by atoms with Crippen LogP contribution in [0, 0.1) is 10.1 Å². The highest BCUT2D eigenvalue weighted by atomic mass is 16.6.